The monoisotopic (exact) mass is 416 g/mol. The smallest absolute Gasteiger partial charge is 0.244 e. The van der Waals surface area contributed by atoms with Crippen molar-refractivity contribution in [3.63, 3.8) is 0 Å². The molecule has 5 rings (SSSR count). The summed E-state index contributed by atoms with van der Waals surface area (Å²) in [7, 11) is 0. The number of imidazole rings is 1. The zero-order valence-corrected chi connectivity index (χ0v) is 16.3. The molecule has 3 aromatic heterocycles. The number of nitrogens with two attached hydrogens (primary N) is 1. The molecule has 5 aromatic rings. The minimum Gasteiger partial charge on any atom is -0.379 e. The molecule has 11 nitrogen and oxygen atoms in total. The second-order valence-electron chi connectivity index (χ2n) is 6.77. The molecule has 0 saturated heterocycles. The number of aromatic nitrogens is 6. The Morgan fingerprint density at radius 1 is 1.10 bits per heavy atom. The highest BCUT2D eigenvalue weighted by atomic mass is 16.6. The topological polar surface area (TPSA) is 151 Å². The predicted molar refractivity (Wildman–Crippen MR) is 111 cm³/mol. The number of nitrogen functional groups attached to an aromatic ring is 1. The Morgan fingerprint density at radius 2 is 1.97 bits per heavy atom. The van der Waals surface area contributed by atoms with Crippen LogP contribution in [-0.4, -0.2) is 35.9 Å². The first-order chi connectivity index (χ1) is 15.1. The fourth-order valence-corrected chi connectivity index (χ4v) is 3.26. The second kappa shape index (κ2) is 7.37. The number of benzene rings is 2. The third-order valence-electron chi connectivity index (χ3n) is 4.61. The van der Waals surface area contributed by atoms with Gasteiger partial charge >= 0.3 is 0 Å². The van der Waals surface area contributed by atoms with Crippen molar-refractivity contribution in [1.82, 2.24) is 30.0 Å². The Labute approximate surface area is 174 Å². The van der Waals surface area contributed by atoms with Crippen LogP contribution < -0.4 is 11.1 Å². The van der Waals surface area contributed by atoms with E-state index in [-0.39, 0.29) is 24.0 Å². The van der Waals surface area contributed by atoms with E-state index in [1.54, 1.807) is 29.7 Å². The second-order valence-corrected chi connectivity index (χ2v) is 6.77. The van der Waals surface area contributed by atoms with E-state index >= 15 is 0 Å². The minimum atomic E-state index is -0.263. The van der Waals surface area contributed by atoms with Crippen LogP contribution in [-0.2, 0) is 11.3 Å². The van der Waals surface area contributed by atoms with Crippen LogP contribution in [0.2, 0.25) is 0 Å². The Balaban J connectivity index is 1.44. The van der Waals surface area contributed by atoms with E-state index in [0.717, 1.165) is 11.1 Å². The summed E-state index contributed by atoms with van der Waals surface area (Å²) in [5.74, 6) is 1.14. The lowest BCUT2D eigenvalue weighted by atomic mass is 10.2. The molecule has 0 aliphatic heterocycles. The van der Waals surface area contributed by atoms with Crippen molar-refractivity contribution in [2.75, 3.05) is 11.1 Å². The van der Waals surface area contributed by atoms with Gasteiger partial charge in [0.05, 0.1) is 11.0 Å². The Bertz CT molecular complexity index is 1400. The van der Waals surface area contributed by atoms with Crippen LogP contribution >= 0.6 is 0 Å². The predicted octanol–water partition coefficient (Wildman–Crippen LogP) is 2.67. The number of rotatable bonds is 5. The number of hydrogen-bond donors (Lipinski definition) is 2. The number of hydrogen-bond acceptors (Lipinski definition) is 9. The van der Waals surface area contributed by atoms with Crippen LogP contribution in [0.5, 0.6) is 0 Å². The highest BCUT2D eigenvalue weighted by Crippen LogP contribution is 2.27. The molecule has 0 spiro atoms. The van der Waals surface area contributed by atoms with E-state index in [1.807, 2.05) is 30.3 Å². The van der Waals surface area contributed by atoms with Crippen LogP contribution in [0.1, 0.15) is 5.89 Å². The number of carbonyl (C=O) groups excluding carboxylic acids is 1. The molecule has 0 aliphatic rings. The van der Waals surface area contributed by atoms with Crippen LogP contribution in [0.3, 0.4) is 0 Å². The van der Waals surface area contributed by atoms with Crippen LogP contribution in [0, 0.1) is 6.92 Å². The maximum absolute atomic E-state index is 12.9. The van der Waals surface area contributed by atoms with Gasteiger partial charge in [0.15, 0.2) is 17.3 Å². The highest BCUT2D eigenvalue weighted by Gasteiger charge is 2.20. The molecule has 1 amide bonds. The number of nitrogens with one attached hydrogen (secondary N) is 1. The van der Waals surface area contributed by atoms with Crippen molar-refractivity contribution in [1.29, 1.82) is 0 Å². The van der Waals surface area contributed by atoms with E-state index in [0.29, 0.717) is 28.7 Å². The van der Waals surface area contributed by atoms with Crippen LogP contribution in [0.25, 0.3) is 33.9 Å². The van der Waals surface area contributed by atoms with E-state index in [9.17, 15) is 4.79 Å². The van der Waals surface area contributed by atoms with Crippen molar-refractivity contribution in [2.24, 2.45) is 0 Å². The summed E-state index contributed by atoms with van der Waals surface area (Å²) in [5.41, 5.74) is 8.90. The lowest BCUT2D eigenvalue weighted by molar-refractivity contribution is -0.116. The Hall–Kier alpha value is -4.54. The number of nitrogens with zero attached hydrogens (tertiary/aromatic N) is 6. The quantitative estimate of drug-likeness (QED) is 0.440. The molecular weight excluding hydrogens is 400 g/mol. The largest absolute Gasteiger partial charge is 0.379 e. The Morgan fingerprint density at radius 3 is 2.74 bits per heavy atom. The van der Waals surface area contributed by atoms with Gasteiger partial charge in [-0.3, -0.25) is 4.79 Å². The summed E-state index contributed by atoms with van der Waals surface area (Å²) < 4.78 is 11.4. The fraction of sp³-hybridized carbons (Fsp3) is 0.100. The maximum Gasteiger partial charge on any atom is 0.244 e. The molecule has 3 heterocycles. The molecule has 0 fully saturated rings. The van der Waals surface area contributed by atoms with Gasteiger partial charge in [0, 0.05) is 18.2 Å². The van der Waals surface area contributed by atoms with E-state index < -0.39 is 0 Å². The van der Waals surface area contributed by atoms with Gasteiger partial charge in [-0.25, -0.2) is 9.61 Å². The van der Waals surface area contributed by atoms with E-state index in [2.05, 4.69) is 30.8 Å². The highest BCUT2D eigenvalue weighted by molar-refractivity contribution is 5.93. The number of aryl methyl sites for hydroxylation is 1. The lowest BCUT2D eigenvalue weighted by Gasteiger charge is -2.09. The van der Waals surface area contributed by atoms with Crippen molar-refractivity contribution >= 4 is 28.4 Å². The number of para-hydroxylation sites is 2. The number of carbonyl (C=O) groups is 1. The molecule has 0 bridgehead atoms. The first kappa shape index (κ1) is 18.5. The number of fused-ring (bicyclic) bond motifs is 1. The summed E-state index contributed by atoms with van der Waals surface area (Å²) in [6.07, 6.45) is 0. The van der Waals surface area contributed by atoms with Gasteiger partial charge in [-0.05, 0) is 34.6 Å². The molecule has 154 valence electrons. The van der Waals surface area contributed by atoms with Crippen molar-refractivity contribution in [3.05, 3.63) is 54.4 Å². The first-order valence-corrected chi connectivity index (χ1v) is 9.33. The van der Waals surface area contributed by atoms with E-state index in [4.69, 9.17) is 14.9 Å². The molecule has 0 atom stereocenters. The van der Waals surface area contributed by atoms with Gasteiger partial charge in [0.2, 0.25) is 17.6 Å². The molecular formula is C20H16N8O3. The minimum absolute atomic E-state index is 0.0201. The van der Waals surface area contributed by atoms with Crippen LogP contribution in [0.4, 0.5) is 11.5 Å². The van der Waals surface area contributed by atoms with Gasteiger partial charge in [0.25, 0.3) is 0 Å². The standard InChI is InChI=1S/C20H16N8O3/c1-11-22-19(27-30-11)12-5-4-6-13(9-12)23-16(29)10-28-15-8-3-2-7-14(15)24-20(28)17-18(21)26-31-25-17/h2-9H,10H2,1H3,(H2,21,26)(H,23,29). The molecule has 11 heteroatoms. The number of amides is 1. The third-order valence-corrected chi connectivity index (χ3v) is 4.61. The van der Waals surface area contributed by atoms with Gasteiger partial charge in [-0.2, -0.15) is 4.98 Å². The molecule has 0 radical (unpaired) electrons. The van der Waals surface area contributed by atoms with Crippen molar-refractivity contribution in [3.8, 4) is 22.9 Å². The molecule has 3 N–H and O–H groups in total. The van der Waals surface area contributed by atoms with Gasteiger partial charge in [-0.1, -0.05) is 29.4 Å². The first-order valence-electron chi connectivity index (χ1n) is 9.33. The lowest BCUT2D eigenvalue weighted by Crippen LogP contribution is -2.19. The molecule has 0 unspecified atom stereocenters. The summed E-state index contributed by atoms with van der Waals surface area (Å²) in [4.78, 5) is 21.6. The Kier molecular flexibility index (Phi) is 4.40. The third kappa shape index (κ3) is 3.48. The van der Waals surface area contributed by atoms with Crippen molar-refractivity contribution < 1.29 is 13.9 Å². The van der Waals surface area contributed by atoms with Crippen LogP contribution in [0.15, 0.2) is 57.7 Å². The zero-order valence-electron chi connectivity index (χ0n) is 16.3. The summed E-state index contributed by atoms with van der Waals surface area (Å²) >= 11 is 0. The molecule has 0 aliphatic carbocycles. The van der Waals surface area contributed by atoms with Crippen molar-refractivity contribution in [2.45, 2.75) is 13.5 Å². The average Bonchev–Trinajstić information content (AvgIpc) is 3.47. The fourth-order valence-electron chi connectivity index (χ4n) is 3.26. The zero-order chi connectivity index (χ0) is 21.4. The normalized spacial score (nSPS) is 11.1. The number of anilines is 2. The van der Waals surface area contributed by atoms with Gasteiger partial charge < -0.3 is 20.1 Å². The molecule has 2 aromatic carbocycles. The maximum atomic E-state index is 12.9. The van der Waals surface area contributed by atoms with Gasteiger partial charge in [-0.15, -0.1) is 0 Å². The van der Waals surface area contributed by atoms with Gasteiger partial charge in [0.1, 0.15) is 6.54 Å². The summed E-state index contributed by atoms with van der Waals surface area (Å²) in [6, 6.07) is 14.6. The average molecular weight is 416 g/mol. The summed E-state index contributed by atoms with van der Waals surface area (Å²) in [6.45, 7) is 1.69. The molecule has 0 saturated carbocycles. The van der Waals surface area contributed by atoms with E-state index in [1.165, 1.54) is 0 Å². The SMILES string of the molecule is Cc1nc(-c2cccc(NC(=O)Cn3c(-c4nonc4N)nc4ccccc43)c2)no1. The summed E-state index contributed by atoms with van der Waals surface area (Å²) in [5, 5.41) is 14.2. The molecule has 31 heavy (non-hydrogen) atoms.